The molecule has 2 aromatic rings. The normalized spacial score (nSPS) is 12.5. The van der Waals surface area contributed by atoms with Gasteiger partial charge in [-0.2, -0.15) is 0 Å². The second-order valence-electron chi connectivity index (χ2n) is 5.32. The van der Waals surface area contributed by atoms with E-state index in [1.54, 1.807) is 43.3 Å². The van der Waals surface area contributed by atoms with Crippen LogP contribution in [0.1, 0.15) is 28.9 Å². The van der Waals surface area contributed by atoms with E-state index < -0.39 is 10.0 Å². The van der Waals surface area contributed by atoms with Gasteiger partial charge in [0.2, 0.25) is 10.0 Å². The van der Waals surface area contributed by atoms with Crippen LogP contribution >= 0.6 is 23.2 Å². The highest BCUT2D eigenvalue weighted by molar-refractivity contribution is 7.92. The summed E-state index contributed by atoms with van der Waals surface area (Å²) in [6, 6.07) is 10.9. The summed E-state index contributed by atoms with van der Waals surface area (Å²) < 4.78 is 24.9. The maximum absolute atomic E-state index is 12.4. The lowest BCUT2D eigenvalue weighted by atomic mass is 10.1. The van der Waals surface area contributed by atoms with E-state index in [-0.39, 0.29) is 11.9 Å². The number of sulfonamides is 1. The van der Waals surface area contributed by atoms with Gasteiger partial charge in [-0.3, -0.25) is 9.52 Å². The maximum atomic E-state index is 12.4. The van der Waals surface area contributed by atoms with Gasteiger partial charge in [-0.05, 0) is 42.8 Å². The highest BCUT2D eigenvalue weighted by Gasteiger charge is 2.15. The van der Waals surface area contributed by atoms with Crippen molar-refractivity contribution in [2.45, 2.75) is 13.0 Å². The fraction of sp³-hybridized carbons (Fsp3) is 0.188. The first-order valence-corrected chi connectivity index (χ1v) is 9.64. The standard InChI is InChI=1S/C16H16Cl2N2O3S/c1-10(14-7-6-12(17)9-15(14)18)19-16(21)11-4-3-5-13(8-11)20-24(2,22)23/h3-10,20H,1-2H3,(H,19,21)/t10-/m0/s1. The first-order valence-electron chi connectivity index (χ1n) is 6.99. The van der Waals surface area contributed by atoms with Gasteiger partial charge in [0.1, 0.15) is 0 Å². The van der Waals surface area contributed by atoms with Crippen LogP contribution in [-0.2, 0) is 10.0 Å². The van der Waals surface area contributed by atoms with Gasteiger partial charge in [0.05, 0.1) is 12.3 Å². The van der Waals surface area contributed by atoms with E-state index in [9.17, 15) is 13.2 Å². The van der Waals surface area contributed by atoms with Crippen LogP contribution in [0.15, 0.2) is 42.5 Å². The molecule has 0 saturated heterocycles. The lowest BCUT2D eigenvalue weighted by Gasteiger charge is -2.16. The molecule has 128 valence electrons. The molecule has 5 nitrogen and oxygen atoms in total. The van der Waals surface area contributed by atoms with E-state index in [0.717, 1.165) is 11.8 Å². The summed E-state index contributed by atoms with van der Waals surface area (Å²) in [4.78, 5) is 12.4. The van der Waals surface area contributed by atoms with Crippen molar-refractivity contribution in [3.05, 3.63) is 63.6 Å². The van der Waals surface area contributed by atoms with Crippen LogP contribution in [0, 0.1) is 0 Å². The average molecular weight is 387 g/mol. The largest absolute Gasteiger partial charge is 0.345 e. The highest BCUT2D eigenvalue weighted by Crippen LogP contribution is 2.26. The minimum absolute atomic E-state index is 0.322. The van der Waals surface area contributed by atoms with Crippen molar-refractivity contribution in [3.63, 3.8) is 0 Å². The first kappa shape index (κ1) is 18.6. The van der Waals surface area contributed by atoms with Crippen molar-refractivity contribution < 1.29 is 13.2 Å². The Morgan fingerprint density at radius 2 is 1.83 bits per heavy atom. The van der Waals surface area contributed by atoms with Gasteiger partial charge in [-0.25, -0.2) is 8.42 Å². The molecule has 0 aromatic heterocycles. The SMILES string of the molecule is C[C@H](NC(=O)c1cccc(NS(C)(=O)=O)c1)c1ccc(Cl)cc1Cl. The number of hydrogen-bond acceptors (Lipinski definition) is 3. The molecule has 2 aromatic carbocycles. The molecular weight excluding hydrogens is 371 g/mol. The predicted octanol–water partition coefficient (Wildman–Crippen LogP) is 3.86. The molecule has 0 radical (unpaired) electrons. The summed E-state index contributed by atoms with van der Waals surface area (Å²) >= 11 is 12.0. The van der Waals surface area contributed by atoms with Crippen LogP contribution in [-0.4, -0.2) is 20.6 Å². The third-order valence-corrected chi connectivity index (χ3v) is 4.37. The van der Waals surface area contributed by atoms with Crippen molar-refractivity contribution in [2.75, 3.05) is 11.0 Å². The van der Waals surface area contributed by atoms with Crippen LogP contribution in [0.4, 0.5) is 5.69 Å². The Bertz CT molecular complexity index is 869. The zero-order valence-electron chi connectivity index (χ0n) is 13.0. The molecule has 0 aliphatic carbocycles. The molecule has 24 heavy (non-hydrogen) atoms. The Labute approximate surface area is 151 Å². The molecule has 2 rings (SSSR count). The fourth-order valence-corrected chi connectivity index (χ4v) is 3.28. The van der Waals surface area contributed by atoms with Gasteiger partial charge in [0.25, 0.3) is 5.91 Å². The molecule has 8 heteroatoms. The third-order valence-electron chi connectivity index (χ3n) is 3.20. The predicted molar refractivity (Wildman–Crippen MR) is 97.3 cm³/mol. The minimum atomic E-state index is -3.41. The number of carbonyl (C=O) groups is 1. The summed E-state index contributed by atoms with van der Waals surface area (Å²) in [6.45, 7) is 1.80. The lowest BCUT2D eigenvalue weighted by Crippen LogP contribution is -2.27. The molecule has 0 spiro atoms. The van der Waals surface area contributed by atoms with Crippen LogP contribution < -0.4 is 10.0 Å². The second kappa shape index (κ2) is 7.42. The number of hydrogen-bond donors (Lipinski definition) is 2. The molecule has 1 amide bonds. The number of anilines is 1. The Kier molecular flexibility index (Phi) is 5.74. The lowest BCUT2D eigenvalue weighted by molar-refractivity contribution is 0.0940. The van der Waals surface area contributed by atoms with Crippen LogP contribution in [0.25, 0.3) is 0 Å². The number of rotatable bonds is 5. The number of halogens is 2. The van der Waals surface area contributed by atoms with Crippen LogP contribution in [0.5, 0.6) is 0 Å². The van der Waals surface area contributed by atoms with E-state index >= 15 is 0 Å². The molecule has 0 aliphatic heterocycles. The van der Waals surface area contributed by atoms with E-state index in [2.05, 4.69) is 10.0 Å². The van der Waals surface area contributed by atoms with Crippen molar-refractivity contribution in [1.29, 1.82) is 0 Å². The summed E-state index contributed by atoms with van der Waals surface area (Å²) in [7, 11) is -3.41. The molecule has 0 unspecified atom stereocenters. The molecule has 0 saturated carbocycles. The van der Waals surface area contributed by atoms with E-state index in [1.807, 2.05) is 0 Å². The number of nitrogens with one attached hydrogen (secondary N) is 2. The molecule has 1 atom stereocenters. The molecular formula is C16H16Cl2N2O3S. The molecule has 0 heterocycles. The topological polar surface area (TPSA) is 75.3 Å². The Morgan fingerprint density at radius 1 is 1.12 bits per heavy atom. The quantitative estimate of drug-likeness (QED) is 0.818. The maximum Gasteiger partial charge on any atom is 0.251 e. The van der Waals surface area contributed by atoms with Gasteiger partial charge in [0, 0.05) is 21.3 Å². The summed E-state index contributed by atoms with van der Waals surface area (Å²) in [6.07, 6.45) is 1.05. The zero-order valence-corrected chi connectivity index (χ0v) is 15.3. The van der Waals surface area contributed by atoms with Crippen molar-refractivity contribution in [2.24, 2.45) is 0 Å². The smallest absolute Gasteiger partial charge is 0.251 e. The zero-order chi connectivity index (χ0) is 17.9. The second-order valence-corrected chi connectivity index (χ2v) is 7.91. The van der Waals surface area contributed by atoms with E-state index in [1.165, 1.54) is 6.07 Å². The number of amides is 1. The number of carbonyl (C=O) groups excluding carboxylic acids is 1. The summed E-state index contributed by atoms with van der Waals surface area (Å²) in [5.41, 5.74) is 1.39. The van der Waals surface area contributed by atoms with Gasteiger partial charge in [-0.1, -0.05) is 35.3 Å². The van der Waals surface area contributed by atoms with Crippen molar-refractivity contribution >= 4 is 44.8 Å². The van der Waals surface area contributed by atoms with Crippen molar-refractivity contribution in [1.82, 2.24) is 5.32 Å². The highest BCUT2D eigenvalue weighted by atomic mass is 35.5. The Morgan fingerprint density at radius 3 is 2.46 bits per heavy atom. The van der Waals surface area contributed by atoms with E-state index in [4.69, 9.17) is 23.2 Å². The van der Waals surface area contributed by atoms with Gasteiger partial charge in [-0.15, -0.1) is 0 Å². The first-order chi connectivity index (χ1) is 11.2. The van der Waals surface area contributed by atoms with E-state index in [0.29, 0.717) is 21.3 Å². The van der Waals surface area contributed by atoms with Crippen molar-refractivity contribution in [3.8, 4) is 0 Å². The summed E-state index contributed by atoms with van der Waals surface area (Å²) in [5, 5.41) is 3.80. The van der Waals surface area contributed by atoms with Gasteiger partial charge in [0.15, 0.2) is 0 Å². The third kappa shape index (κ3) is 5.12. The monoisotopic (exact) mass is 386 g/mol. The molecule has 2 N–H and O–H groups in total. The molecule has 0 aliphatic rings. The fourth-order valence-electron chi connectivity index (χ4n) is 2.15. The Balaban J connectivity index is 2.16. The summed E-state index contributed by atoms with van der Waals surface area (Å²) in [5.74, 6) is -0.342. The van der Waals surface area contributed by atoms with Crippen LogP contribution in [0.3, 0.4) is 0 Å². The average Bonchev–Trinajstić information content (AvgIpc) is 2.45. The van der Waals surface area contributed by atoms with Gasteiger partial charge >= 0.3 is 0 Å². The minimum Gasteiger partial charge on any atom is -0.345 e. The van der Waals surface area contributed by atoms with Crippen LogP contribution in [0.2, 0.25) is 10.0 Å². The molecule has 0 bridgehead atoms. The Hall–Kier alpha value is -1.76. The number of benzene rings is 2. The molecule has 0 fully saturated rings. The van der Waals surface area contributed by atoms with Gasteiger partial charge < -0.3 is 5.32 Å².